The van der Waals surface area contributed by atoms with Crippen LogP contribution < -0.4 is 5.73 Å². The lowest BCUT2D eigenvalue weighted by molar-refractivity contribution is -0.134. The number of fused-ring (bicyclic) bond motifs is 1. The van der Waals surface area contributed by atoms with E-state index in [-0.39, 0.29) is 12.0 Å². The predicted molar refractivity (Wildman–Crippen MR) is 77.7 cm³/mol. The minimum absolute atomic E-state index is 0.110. The summed E-state index contributed by atoms with van der Waals surface area (Å²) >= 11 is 3.55. The Morgan fingerprint density at radius 2 is 2.37 bits per heavy atom. The van der Waals surface area contributed by atoms with E-state index in [9.17, 15) is 4.79 Å². The predicted octanol–water partition coefficient (Wildman–Crippen LogP) is 1.70. The highest BCUT2D eigenvalue weighted by Crippen LogP contribution is 2.26. The number of halogens is 1. The molecule has 1 amide bonds. The van der Waals surface area contributed by atoms with E-state index in [1.165, 1.54) is 11.1 Å². The maximum Gasteiger partial charge on any atom is 0.225 e. The Morgan fingerprint density at radius 1 is 1.58 bits per heavy atom. The average Bonchev–Trinajstić information content (AvgIpc) is 2.44. The molecule has 0 aromatic heterocycles. The van der Waals surface area contributed by atoms with Crippen LogP contribution in [0.15, 0.2) is 22.7 Å². The van der Waals surface area contributed by atoms with Crippen LogP contribution in [-0.2, 0) is 22.5 Å². The van der Waals surface area contributed by atoms with Gasteiger partial charge >= 0.3 is 0 Å². The fourth-order valence-corrected chi connectivity index (χ4v) is 2.87. The van der Waals surface area contributed by atoms with Crippen molar-refractivity contribution in [1.29, 1.82) is 0 Å². The maximum absolute atomic E-state index is 12.2. The summed E-state index contributed by atoms with van der Waals surface area (Å²) < 4.78 is 6.25. The number of amides is 1. The van der Waals surface area contributed by atoms with Crippen LogP contribution >= 0.6 is 15.9 Å². The normalized spacial score (nSPS) is 16.1. The van der Waals surface area contributed by atoms with E-state index in [4.69, 9.17) is 10.5 Å². The number of ether oxygens (including phenoxy) is 1. The SMILES string of the molecule is COC(CN)CC(=O)N1CCc2cccc(Br)c2C1. The van der Waals surface area contributed by atoms with Gasteiger partial charge in [0.25, 0.3) is 0 Å². The monoisotopic (exact) mass is 326 g/mol. The maximum atomic E-state index is 12.2. The first-order valence-electron chi connectivity index (χ1n) is 6.42. The van der Waals surface area contributed by atoms with Crippen LogP contribution in [0.2, 0.25) is 0 Å². The molecule has 2 N–H and O–H groups in total. The molecule has 1 unspecified atom stereocenters. The van der Waals surface area contributed by atoms with Gasteiger partial charge in [0.05, 0.1) is 12.5 Å². The molecule has 104 valence electrons. The van der Waals surface area contributed by atoms with Gasteiger partial charge < -0.3 is 15.4 Å². The van der Waals surface area contributed by atoms with E-state index in [0.717, 1.165) is 17.4 Å². The van der Waals surface area contributed by atoms with E-state index < -0.39 is 0 Å². The third-order valence-electron chi connectivity index (χ3n) is 3.57. The molecule has 2 rings (SSSR count). The molecule has 0 spiro atoms. The quantitative estimate of drug-likeness (QED) is 0.916. The third-order valence-corrected chi connectivity index (χ3v) is 4.31. The molecule has 1 aromatic carbocycles. The standard InChI is InChI=1S/C14H19BrN2O2/c1-19-11(8-16)7-14(18)17-6-5-10-3-2-4-13(15)12(10)9-17/h2-4,11H,5-9,16H2,1H3. The summed E-state index contributed by atoms with van der Waals surface area (Å²) in [5.41, 5.74) is 8.09. The molecular weight excluding hydrogens is 308 g/mol. The highest BCUT2D eigenvalue weighted by molar-refractivity contribution is 9.10. The molecule has 19 heavy (non-hydrogen) atoms. The zero-order valence-electron chi connectivity index (χ0n) is 11.1. The van der Waals surface area contributed by atoms with Crippen LogP contribution in [0.1, 0.15) is 17.5 Å². The van der Waals surface area contributed by atoms with Crippen molar-refractivity contribution in [3.8, 4) is 0 Å². The van der Waals surface area contributed by atoms with E-state index >= 15 is 0 Å². The Bertz CT molecular complexity index is 461. The van der Waals surface area contributed by atoms with Crippen LogP contribution in [0.3, 0.4) is 0 Å². The second-order valence-corrected chi connectivity index (χ2v) is 5.59. The molecule has 5 heteroatoms. The minimum Gasteiger partial charge on any atom is -0.380 e. The first kappa shape index (κ1) is 14.5. The number of rotatable bonds is 4. The Balaban J connectivity index is 2.05. The van der Waals surface area contributed by atoms with E-state index in [1.807, 2.05) is 17.0 Å². The largest absolute Gasteiger partial charge is 0.380 e. The third kappa shape index (κ3) is 3.35. The summed E-state index contributed by atoms with van der Waals surface area (Å²) in [5, 5.41) is 0. The number of methoxy groups -OCH3 is 1. The zero-order chi connectivity index (χ0) is 13.8. The topological polar surface area (TPSA) is 55.6 Å². The summed E-state index contributed by atoms with van der Waals surface area (Å²) in [5.74, 6) is 0.110. The van der Waals surface area contributed by atoms with Gasteiger partial charge in [-0.15, -0.1) is 0 Å². The fraction of sp³-hybridized carbons (Fsp3) is 0.500. The van der Waals surface area contributed by atoms with Gasteiger partial charge in [-0.05, 0) is 23.6 Å². The van der Waals surface area contributed by atoms with E-state index in [1.54, 1.807) is 7.11 Å². The van der Waals surface area contributed by atoms with Crippen LogP contribution in [0.25, 0.3) is 0 Å². The molecule has 1 aliphatic rings. The molecule has 1 atom stereocenters. The van der Waals surface area contributed by atoms with Crippen LogP contribution in [0.5, 0.6) is 0 Å². The van der Waals surface area contributed by atoms with Crippen LogP contribution in [-0.4, -0.2) is 37.1 Å². The minimum atomic E-state index is -0.187. The van der Waals surface area contributed by atoms with Crippen LogP contribution in [0, 0.1) is 0 Å². The number of carbonyl (C=O) groups is 1. The van der Waals surface area contributed by atoms with Crippen molar-refractivity contribution < 1.29 is 9.53 Å². The van der Waals surface area contributed by atoms with Crippen molar-refractivity contribution in [2.24, 2.45) is 5.73 Å². The Kier molecular flexibility index (Phi) is 4.96. The summed E-state index contributed by atoms with van der Waals surface area (Å²) in [6, 6.07) is 6.18. The Hall–Kier alpha value is -0.910. The van der Waals surface area contributed by atoms with Crippen molar-refractivity contribution in [2.75, 3.05) is 20.2 Å². The lowest BCUT2D eigenvalue weighted by Gasteiger charge is -2.30. The van der Waals surface area contributed by atoms with Gasteiger partial charge in [0.1, 0.15) is 0 Å². The average molecular weight is 327 g/mol. The second-order valence-electron chi connectivity index (χ2n) is 4.74. The van der Waals surface area contributed by atoms with Crippen molar-refractivity contribution in [3.63, 3.8) is 0 Å². The molecule has 0 fully saturated rings. The van der Waals surface area contributed by atoms with Gasteiger partial charge in [-0.2, -0.15) is 0 Å². The van der Waals surface area contributed by atoms with Gasteiger partial charge in [0.2, 0.25) is 5.91 Å². The number of nitrogens with two attached hydrogens (primary N) is 1. The van der Waals surface area contributed by atoms with Gasteiger partial charge in [-0.3, -0.25) is 4.79 Å². The number of hydrogen-bond acceptors (Lipinski definition) is 3. The van der Waals surface area contributed by atoms with Gasteiger partial charge in [0, 0.05) is 31.2 Å². The number of nitrogens with zero attached hydrogens (tertiary/aromatic N) is 1. The van der Waals surface area contributed by atoms with Crippen molar-refractivity contribution in [3.05, 3.63) is 33.8 Å². The highest BCUT2D eigenvalue weighted by atomic mass is 79.9. The van der Waals surface area contributed by atoms with Crippen LogP contribution in [0.4, 0.5) is 0 Å². The molecule has 0 saturated carbocycles. The molecule has 4 nitrogen and oxygen atoms in total. The van der Waals surface area contributed by atoms with Gasteiger partial charge in [-0.25, -0.2) is 0 Å². The highest BCUT2D eigenvalue weighted by Gasteiger charge is 2.23. The first-order chi connectivity index (χ1) is 9.15. The van der Waals surface area contributed by atoms with Crippen molar-refractivity contribution in [1.82, 2.24) is 4.90 Å². The summed E-state index contributed by atoms with van der Waals surface area (Å²) in [4.78, 5) is 14.1. The van der Waals surface area contributed by atoms with E-state index in [2.05, 4.69) is 22.0 Å². The molecule has 0 aliphatic carbocycles. The lowest BCUT2D eigenvalue weighted by Crippen LogP contribution is -2.39. The fourth-order valence-electron chi connectivity index (χ4n) is 2.34. The number of hydrogen-bond donors (Lipinski definition) is 1. The molecule has 0 radical (unpaired) electrons. The van der Waals surface area contributed by atoms with Gasteiger partial charge in [-0.1, -0.05) is 28.1 Å². The molecule has 0 bridgehead atoms. The zero-order valence-corrected chi connectivity index (χ0v) is 12.6. The Morgan fingerprint density at radius 3 is 3.05 bits per heavy atom. The molecule has 1 heterocycles. The summed E-state index contributed by atoms with van der Waals surface area (Å²) in [6.45, 7) is 1.80. The number of carbonyl (C=O) groups excluding carboxylic acids is 1. The van der Waals surface area contributed by atoms with Crippen molar-refractivity contribution in [2.45, 2.75) is 25.5 Å². The molecule has 0 saturated heterocycles. The number of benzene rings is 1. The van der Waals surface area contributed by atoms with Crippen molar-refractivity contribution >= 4 is 21.8 Å². The lowest BCUT2D eigenvalue weighted by atomic mass is 9.99. The molecule has 1 aromatic rings. The molecule has 1 aliphatic heterocycles. The first-order valence-corrected chi connectivity index (χ1v) is 7.22. The van der Waals surface area contributed by atoms with Gasteiger partial charge in [0.15, 0.2) is 0 Å². The molecular formula is C14H19BrN2O2. The summed E-state index contributed by atoms with van der Waals surface area (Å²) in [7, 11) is 1.59. The summed E-state index contributed by atoms with van der Waals surface area (Å²) in [6.07, 6.45) is 1.07. The smallest absolute Gasteiger partial charge is 0.225 e. The Labute approximate surface area is 122 Å². The van der Waals surface area contributed by atoms with E-state index in [0.29, 0.717) is 19.5 Å². The second kappa shape index (κ2) is 6.50.